The molecule has 3 rings (SSSR count). The summed E-state index contributed by atoms with van der Waals surface area (Å²) in [6.07, 6.45) is 5.79. The number of nitrogens with zero attached hydrogens (tertiary/aromatic N) is 3. The summed E-state index contributed by atoms with van der Waals surface area (Å²) < 4.78 is 35.3. The number of benzene rings is 1. The summed E-state index contributed by atoms with van der Waals surface area (Å²) in [5.74, 6) is 1.58. The predicted molar refractivity (Wildman–Crippen MR) is 104 cm³/mol. The van der Waals surface area contributed by atoms with Crippen molar-refractivity contribution < 1.29 is 13.2 Å². The summed E-state index contributed by atoms with van der Waals surface area (Å²) in [7, 11) is -1.82. The number of sulfonamides is 1. The average Bonchev–Trinajstić information content (AvgIpc) is 3.30. The molecule has 1 aliphatic carbocycles. The van der Waals surface area contributed by atoms with Crippen molar-refractivity contribution in [3.63, 3.8) is 0 Å². The number of halogens is 1. The molecule has 0 amide bonds. The fraction of sp³-hybridized carbons (Fsp3) is 0.529. The van der Waals surface area contributed by atoms with Gasteiger partial charge in [-0.25, -0.2) is 18.1 Å². The van der Waals surface area contributed by atoms with E-state index < -0.39 is 10.0 Å². The van der Waals surface area contributed by atoms with E-state index in [0.717, 1.165) is 25.7 Å². The van der Waals surface area contributed by atoms with Crippen molar-refractivity contribution in [1.29, 1.82) is 0 Å². The van der Waals surface area contributed by atoms with Gasteiger partial charge in [0, 0.05) is 19.6 Å². The fourth-order valence-electron chi connectivity index (χ4n) is 3.28. The number of ether oxygens (including phenoxy) is 1. The van der Waals surface area contributed by atoms with Crippen LogP contribution in [0.15, 0.2) is 35.5 Å². The van der Waals surface area contributed by atoms with Crippen LogP contribution in [0.4, 0.5) is 0 Å². The smallest absolute Gasteiger partial charge is 0.240 e. The second-order valence-electron chi connectivity index (χ2n) is 6.57. The van der Waals surface area contributed by atoms with Crippen molar-refractivity contribution in [3.8, 4) is 5.75 Å². The van der Waals surface area contributed by atoms with Gasteiger partial charge in [-0.3, -0.25) is 4.68 Å². The molecule has 2 aromatic rings. The Kier molecular flexibility index (Phi) is 7.60. The SMILES string of the molecule is Cl.Cn1ncnc1COc1ccc(S(=O)(=O)NC(CN)C2CCCC2)cc1. The van der Waals surface area contributed by atoms with Crippen LogP contribution in [-0.4, -0.2) is 35.8 Å². The molecule has 0 aliphatic heterocycles. The second kappa shape index (κ2) is 9.50. The van der Waals surface area contributed by atoms with Crippen LogP contribution >= 0.6 is 12.4 Å². The summed E-state index contributed by atoms with van der Waals surface area (Å²) in [5, 5.41) is 3.97. The minimum Gasteiger partial charge on any atom is -0.486 e. The quantitative estimate of drug-likeness (QED) is 0.677. The highest BCUT2D eigenvalue weighted by Crippen LogP contribution is 2.28. The third-order valence-electron chi connectivity index (χ3n) is 4.84. The monoisotopic (exact) mass is 415 g/mol. The lowest BCUT2D eigenvalue weighted by molar-refractivity contribution is 0.289. The number of aromatic nitrogens is 3. The van der Waals surface area contributed by atoms with Crippen molar-refractivity contribution >= 4 is 22.4 Å². The second-order valence-corrected chi connectivity index (χ2v) is 8.28. The minimum atomic E-state index is -3.60. The van der Waals surface area contributed by atoms with Crippen LogP contribution in [0.2, 0.25) is 0 Å². The number of nitrogens with one attached hydrogen (secondary N) is 1. The first kappa shape index (κ1) is 21.6. The molecule has 150 valence electrons. The van der Waals surface area contributed by atoms with Gasteiger partial charge < -0.3 is 10.5 Å². The van der Waals surface area contributed by atoms with E-state index in [0.29, 0.717) is 24.0 Å². The summed E-state index contributed by atoms with van der Waals surface area (Å²) >= 11 is 0. The van der Waals surface area contributed by atoms with Crippen LogP contribution in [0.1, 0.15) is 31.5 Å². The van der Waals surface area contributed by atoms with Crippen molar-refractivity contribution in [1.82, 2.24) is 19.5 Å². The molecule has 1 saturated carbocycles. The zero-order chi connectivity index (χ0) is 18.6. The Balaban J connectivity index is 0.00000261. The summed E-state index contributed by atoms with van der Waals surface area (Å²) in [6.45, 7) is 0.570. The molecule has 1 heterocycles. The zero-order valence-electron chi connectivity index (χ0n) is 15.2. The lowest BCUT2D eigenvalue weighted by Crippen LogP contribution is -2.44. The Morgan fingerprint density at radius 3 is 2.52 bits per heavy atom. The van der Waals surface area contributed by atoms with E-state index in [-0.39, 0.29) is 30.0 Å². The molecule has 3 N–H and O–H groups in total. The fourth-order valence-corrected chi connectivity index (χ4v) is 4.60. The summed E-state index contributed by atoms with van der Waals surface area (Å²) in [4.78, 5) is 4.28. The molecule has 0 bridgehead atoms. The average molecular weight is 416 g/mol. The van der Waals surface area contributed by atoms with Gasteiger partial charge in [-0.1, -0.05) is 12.8 Å². The number of rotatable bonds is 8. The molecule has 27 heavy (non-hydrogen) atoms. The van der Waals surface area contributed by atoms with Crippen LogP contribution in [0, 0.1) is 5.92 Å². The standard InChI is InChI=1S/C17H25N5O3S.ClH/c1-22-17(19-12-20-22)11-25-14-6-8-15(9-7-14)26(23,24)21-16(10-18)13-4-2-3-5-13;/h6-9,12-13,16,21H,2-5,10-11,18H2,1H3;1H. The Morgan fingerprint density at radius 1 is 1.30 bits per heavy atom. The number of hydrogen-bond donors (Lipinski definition) is 2. The lowest BCUT2D eigenvalue weighted by Gasteiger charge is -2.23. The predicted octanol–water partition coefficient (Wildman–Crippen LogP) is 1.61. The largest absolute Gasteiger partial charge is 0.486 e. The van der Waals surface area contributed by atoms with Gasteiger partial charge in [0.25, 0.3) is 0 Å². The van der Waals surface area contributed by atoms with Crippen molar-refractivity contribution in [3.05, 3.63) is 36.4 Å². The van der Waals surface area contributed by atoms with E-state index in [4.69, 9.17) is 10.5 Å². The molecule has 10 heteroatoms. The molecule has 1 aromatic carbocycles. The van der Waals surface area contributed by atoms with Crippen molar-refractivity contribution in [2.24, 2.45) is 18.7 Å². The minimum absolute atomic E-state index is 0. The molecule has 0 saturated heterocycles. The molecule has 1 atom stereocenters. The maximum atomic E-state index is 12.6. The van der Waals surface area contributed by atoms with Gasteiger partial charge in [0.1, 0.15) is 18.7 Å². The van der Waals surface area contributed by atoms with Gasteiger partial charge in [0.05, 0.1) is 4.90 Å². The van der Waals surface area contributed by atoms with Gasteiger partial charge >= 0.3 is 0 Å². The van der Waals surface area contributed by atoms with Crippen LogP contribution in [0.25, 0.3) is 0 Å². The first-order chi connectivity index (χ1) is 12.5. The molecule has 1 unspecified atom stereocenters. The Labute approximate surface area is 166 Å². The first-order valence-corrected chi connectivity index (χ1v) is 10.3. The van der Waals surface area contributed by atoms with Gasteiger partial charge in [-0.2, -0.15) is 5.10 Å². The van der Waals surface area contributed by atoms with Crippen LogP contribution in [-0.2, 0) is 23.7 Å². The molecule has 0 spiro atoms. The third kappa shape index (κ3) is 5.41. The number of aryl methyl sites for hydroxylation is 1. The molecule has 1 aromatic heterocycles. The van der Waals surface area contributed by atoms with Gasteiger partial charge in [-0.15, -0.1) is 12.4 Å². The molecule has 8 nitrogen and oxygen atoms in total. The summed E-state index contributed by atoms with van der Waals surface area (Å²) in [5.41, 5.74) is 5.80. The highest BCUT2D eigenvalue weighted by atomic mass is 35.5. The normalized spacial score (nSPS) is 16.1. The Bertz CT molecular complexity index is 819. The first-order valence-electron chi connectivity index (χ1n) is 8.78. The Morgan fingerprint density at radius 2 is 1.96 bits per heavy atom. The third-order valence-corrected chi connectivity index (χ3v) is 6.34. The van der Waals surface area contributed by atoms with E-state index in [2.05, 4.69) is 14.8 Å². The highest BCUT2D eigenvalue weighted by Gasteiger charge is 2.28. The molecule has 1 fully saturated rings. The molecular weight excluding hydrogens is 390 g/mol. The Hall–Kier alpha value is -1.68. The van der Waals surface area contributed by atoms with Gasteiger partial charge in [0.2, 0.25) is 10.0 Å². The van der Waals surface area contributed by atoms with E-state index >= 15 is 0 Å². The topological polar surface area (TPSA) is 112 Å². The maximum Gasteiger partial charge on any atom is 0.240 e. The van der Waals surface area contributed by atoms with Crippen molar-refractivity contribution in [2.45, 2.75) is 43.2 Å². The molecular formula is C17H26ClN5O3S. The maximum absolute atomic E-state index is 12.6. The van der Waals surface area contributed by atoms with Crippen LogP contribution in [0.3, 0.4) is 0 Å². The van der Waals surface area contributed by atoms with Crippen LogP contribution < -0.4 is 15.2 Å². The number of nitrogens with two attached hydrogens (primary N) is 1. The van der Waals surface area contributed by atoms with E-state index in [9.17, 15) is 8.42 Å². The van der Waals surface area contributed by atoms with Gasteiger partial charge in [-0.05, 0) is 43.0 Å². The lowest BCUT2D eigenvalue weighted by atomic mass is 9.99. The molecule has 0 radical (unpaired) electrons. The van der Waals surface area contributed by atoms with Crippen LogP contribution in [0.5, 0.6) is 5.75 Å². The van der Waals surface area contributed by atoms with E-state index in [1.165, 1.54) is 18.5 Å². The van der Waals surface area contributed by atoms with Crippen molar-refractivity contribution in [2.75, 3.05) is 6.54 Å². The zero-order valence-corrected chi connectivity index (χ0v) is 16.9. The highest BCUT2D eigenvalue weighted by molar-refractivity contribution is 7.89. The van der Waals surface area contributed by atoms with Gasteiger partial charge in [0.15, 0.2) is 5.82 Å². The molecule has 1 aliphatic rings. The number of hydrogen-bond acceptors (Lipinski definition) is 6. The van der Waals surface area contributed by atoms with E-state index in [1.807, 2.05) is 0 Å². The van der Waals surface area contributed by atoms with E-state index in [1.54, 1.807) is 23.9 Å². The summed E-state index contributed by atoms with van der Waals surface area (Å²) in [6, 6.07) is 6.14.